The van der Waals surface area contributed by atoms with Crippen molar-refractivity contribution < 1.29 is 0 Å². The van der Waals surface area contributed by atoms with Crippen molar-refractivity contribution in [1.29, 1.82) is 0 Å². The van der Waals surface area contributed by atoms with Crippen molar-refractivity contribution >= 4 is 44.9 Å². The monoisotopic (exact) mass is 750 g/mol. The number of anilines is 6. The van der Waals surface area contributed by atoms with Crippen molar-refractivity contribution in [3.63, 3.8) is 0 Å². The molecule has 0 saturated carbocycles. The highest BCUT2D eigenvalue weighted by atomic mass is 15.1. The molecule has 0 radical (unpaired) electrons. The fraction of sp³-hybridized carbons (Fsp3) is 0.179. The van der Waals surface area contributed by atoms with E-state index in [1.165, 1.54) is 88.9 Å². The maximum atomic E-state index is 2.51. The minimum Gasteiger partial charge on any atom is -0.310 e. The zero-order valence-corrected chi connectivity index (χ0v) is 34.9. The quantitative estimate of drug-likeness (QED) is 0.167. The number of hydrogen-bond donors (Lipinski definition) is 0. The van der Waals surface area contributed by atoms with Gasteiger partial charge in [0.1, 0.15) is 0 Å². The molecule has 0 aromatic heterocycles. The summed E-state index contributed by atoms with van der Waals surface area (Å²) in [5.41, 5.74) is 22.7. The highest BCUT2D eigenvalue weighted by Crippen LogP contribution is 2.61. The van der Waals surface area contributed by atoms with E-state index in [-0.39, 0.29) is 10.8 Å². The molecule has 0 unspecified atom stereocenters. The van der Waals surface area contributed by atoms with Gasteiger partial charge in [-0.05, 0) is 144 Å². The van der Waals surface area contributed by atoms with Crippen molar-refractivity contribution in [3.05, 3.63) is 202 Å². The summed E-state index contributed by atoms with van der Waals surface area (Å²) in [4.78, 5) is 4.87. The Morgan fingerprint density at radius 1 is 0.345 bits per heavy atom. The summed E-state index contributed by atoms with van der Waals surface area (Å²) in [5, 5.41) is 2.56. The van der Waals surface area contributed by atoms with E-state index >= 15 is 0 Å². The molecule has 0 amide bonds. The lowest BCUT2D eigenvalue weighted by atomic mass is 9.72. The molecule has 0 bridgehead atoms. The molecule has 2 aliphatic carbocycles. The topological polar surface area (TPSA) is 6.48 Å². The van der Waals surface area contributed by atoms with Crippen LogP contribution in [0.5, 0.6) is 0 Å². The Hall–Kier alpha value is -6.38. The van der Waals surface area contributed by atoms with Crippen molar-refractivity contribution in [3.8, 4) is 22.3 Å². The Labute approximate surface area is 344 Å². The van der Waals surface area contributed by atoms with Crippen LogP contribution in [0.15, 0.2) is 158 Å². The predicted octanol–water partition coefficient (Wildman–Crippen LogP) is 15.6. The first kappa shape index (κ1) is 36.0. The van der Waals surface area contributed by atoms with E-state index in [4.69, 9.17) is 0 Å². The average Bonchev–Trinajstić information content (AvgIpc) is 3.59. The zero-order valence-electron chi connectivity index (χ0n) is 34.9. The maximum absolute atomic E-state index is 2.51. The van der Waals surface area contributed by atoms with E-state index in [9.17, 15) is 0 Å². The van der Waals surface area contributed by atoms with Crippen LogP contribution in [0.25, 0.3) is 33.0 Å². The molecule has 2 aliphatic rings. The van der Waals surface area contributed by atoms with Gasteiger partial charge in [-0.25, -0.2) is 0 Å². The standard InChI is InChI=1S/C56H50N2/c1-35-13-21-39(22-14-35)57(40-23-15-36(2)16-24-40)43-29-30-44-47-31-32-48-52-46-12-10-9-11-45(46)51(34-50(52)56(7,8)54(48)53(47)55(5,6)49(44)33-43)58(41-25-17-37(3)18-26-41)42-27-19-38(4)20-28-42/h9-34H,1-8H3. The Morgan fingerprint density at radius 2 is 0.741 bits per heavy atom. The first-order chi connectivity index (χ1) is 27.9. The van der Waals surface area contributed by atoms with Crippen molar-refractivity contribution in [2.24, 2.45) is 0 Å². The van der Waals surface area contributed by atoms with E-state index in [0.717, 1.165) is 22.7 Å². The van der Waals surface area contributed by atoms with Crippen LogP contribution < -0.4 is 9.80 Å². The lowest BCUT2D eigenvalue weighted by Gasteiger charge is -2.32. The molecule has 8 aromatic rings. The molecule has 0 fully saturated rings. The van der Waals surface area contributed by atoms with Crippen LogP contribution in [-0.2, 0) is 10.8 Å². The van der Waals surface area contributed by atoms with Gasteiger partial charge in [-0.15, -0.1) is 0 Å². The van der Waals surface area contributed by atoms with Crippen LogP contribution in [-0.4, -0.2) is 0 Å². The second kappa shape index (κ2) is 13.1. The van der Waals surface area contributed by atoms with Gasteiger partial charge in [0.15, 0.2) is 0 Å². The van der Waals surface area contributed by atoms with Gasteiger partial charge in [0, 0.05) is 44.7 Å². The summed E-state index contributed by atoms with van der Waals surface area (Å²) in [6.07, 6.45) is 0. The molecule has 10 rings (SSSR count). The largest absolute Gasteiger partial charge is 0.310 e. The summed E-state index contributed by atoms with van der Waals surface area (Å²) in [6, 6.07) is 59.3. The minimum absolute atomic E-state index is 0.230. The Morgan fingerprint density at radius 3 is 1.26 bits per heavy atom. The third kappa shape index (κ3) is 5.46. The number of nitrogens with zero attached hydrogens (tertiary/aromatic N) is 2. The van der Waals surface area contributed by atoms with Gasteiger partial charge < -0.3 is 9.80 Å². The normalized spacial score (nSPS) is 14.1. The SMILES string of the molecule is Cc1ccc(N(c2ccc(C)cc2)c2ccc3c(c2)C(C)(C)c2c-3ccc3c2C(C)(C)c2cc(N(c4ccc(C)cc4)c4ccc(C)cc4)c4ccccc4c2-3)cc1. The summed E-state index contributed by atoms with van der Waals surface area (Å²) >= 11 is 0. The molecule has 0 saturated heterocycles. The summed E-state index contributed by atoms with van der Waals surface area (Å²) in [5.74, 6) is 0. The van der Waals surface area contributed by atoms with Crippen LogP contribution in [0.3, 0.4) is 0 Å². The molecule has 58 heavy (non-hydrogen) atoms. The predicted molar refractivity (Wildman–Crippen MR) is 247 cm³/mol. The van der Waals surface area contributed by atoms with Crippen LogP contribution in [0.1, 0.15) is 72.2 Å². The van der Waals surface area contributed by atoms with Gasteiger partial charge >= 0.3 is 0 Å². The molecule has 0 spiro atoms. The van der Waals surface area contributed by atoms with Gasteiger partial charge in [0.05, 0.1) is 5.69 Å². The summed E-state index contributed by atoms with van der Waals surface area (Å²) < 4.78 is 0. The molecule has 284 valence electrons. The van der Waals surface area contributed by atoms with Gasteiger partial charge in [-0.2, -0.15) is 0 Å². The van der Waals surface area contributed by atoms with E-state index in [1.54, 1.807) is 0 Å². The van der Waals surface area contributed by atoms with E-state index in [1.807, 2.05) is 0 Å². The number of fused-ring (bicyclic) bond motifs is 9. The molecular formula is C56H50N2. The van der Waals surface area contributed by atoms with Gasteiger partial charge in [-0.3, -0.25) is 0 Å². The number of hydrogen-bond acceptors (Lipinski definition) is 2. The van der Waals surface area contributed by atoms with E-state index < -0.39 is 0 Å². The second-order valence-corrected chi connectivity index (χ2v) is 17.8. The first-order valence-corrected chi connectivity index (χ1v) is 20.7. The summed E-state index contributed by atoms with van der Waals surface area (Å²) in [7, 11) is 0. The van der Waals surface area contributed by atoms with Crippen LogP contribution in [0.4, 0.5) is 34.1 Å². The number of benzene rings is 8. The summed E-state index contributed by atoms with van der Waals surface area (Å²) in [6.45, 7) is 18.4. The Balaban J connectivity index is 1.15. The number of rotatable bonds is 6. The Bertz CT molecular complexity index is 2800. The third-order valence-electron chi connectivity index (χ3n) is 13.1. The fourth-order valence-corrected chi connectivity index (χ4v) is 10.0. The first-order valence-electron chi connectivity index (χ1n) is 20.7. The highest BCUT2D eigenvalue weighted by molar-refractivity contribution is 6.11. The molecule has 2 nitrogen and oxygen atoms in total. The molecule has 0 atom stereocenters. The van der Waals surface area contributed by atoms with Crippen molar-refractivity contribution in [1.82, 2.24) is 0 Å². The smallest absolute Gasteiger partial charge is 0.0543 e. The van der Waals surface area contributed by atoms with E-state index in [0.29, 0.717) is 0 Å². The molecule has 8 aromatic carbocycles. The van der Waals surface area contributed by atoms with Crippen LogP contribution >= 0.6 is 0 Å². The molecule has 0 aliphatic heterocycles. The van der Waals surface area contributed by atoms with E-state index in [2.05, 4.69) is 223 Å². The molecule has 2 heteroatoms. The van der Waals surface area contributed by atoms with Crippen molar-refractivity contribution in [2.45, 2.75) is 66.2 Å². The minimum atomic E-state index is -0.251. The lowest BCUT2D eigenvalue weighted by Crippen LogP contribution is -2.24. The highest BCUT2D eigenvalue weighted by Gasteiger charge is 2.47. The van der Waals surface area contributed by atoms with Crippen LogP contribution in [0.2, 0.25) is 0 Å². The average molecular weight is 751 g/mol. The molecule has 0 N–H and O–H groups in total. The van der Waals surface area contributed by atoms with Gasteiger partial charge in [0.25, 0.3) is 0 Å². The van der Waals surface area contributed by atoms with Gasteiger partial charge in [-0.1, -0.05) is 141 Å². The number of aryl methyl sites for hydroxylation is 4. The lowest BCUT2D eigenvalue weighted by molar-refractivity contribution is 0.601. The second-order valence-electron chi connectivity index (χ2n) is 17.8. The zero-order chi connectivity index (χ0) is 40.1. The maximum Gasteiger partial charge on any atom is 0.0543 e. The van der Waals surface area contributed by atoms with Gasteiger partial charge in [0.2, 0.25) is 0 Å². The Kier molecular flexibility index (Phi) is 8.12. The fourth-order valence-electron chi connectivity index (χ4n) is 10.0. The van der Waals surface area contributed by atoms with Crippen molar-refractivity contribution in [2.75, 3.05) is 9.80 Å². The molecular weight excluding hydrogens is 701 g/mol. The van der Waals surface area contributed by atoms with Crippen LogP contribution in [0, 0.1) is 27.7 Å². The third-order valence-corrected chi connectivity index (χ3v) is 13.1. The molecule has 0 heterocycles.